The number of piperidine rings is 2. The first kappa shape index (κ1) is 21.5. The molecule has 0 aliphatic carbocycles. The van der Waals surface area contributed by atoms with E-state index < -0.39 is 0 Å². The quantitative estimate of drug-likeness (QED) is 0.607. The van der Waals surface area contributed by atoms with Crippen molar-refractivity contribution in [1.82, 2.24) is 35.0 Å². The largest absolute Gasteiger partial charge is 0.467 e. The molecule has 1 amide bonds. The minimum atomic E-state index is 0.0601. The van der Waals surface area contributed by atoms with Gasteiger partial charge in [0.1, 0.15) is 12.6 Å². The second-order valence-corrected chi connectivity index (χ2v) is 9.34. The monoisotopic (exact) mass is 462 g/mol. The van der Waals surface area contributed by atoms with Crippen molar-refractivity contribution in [3.05, 3.63) is 11.6 Å². The average Bonchev–Trinajstić information content (AvgIpc) is 3.53. The van der Waals surface area contributed by atoms with Crippen molar-refractivity contribution in [1.29, 1.82) is 0 Å². The highest BCUT2D eigenvalue weighted by Gasteiger charge is 2.30. The van der Waals surface area contributed by atoms with Crippen LogP contribution in [0.1, 0.15) is 25.7 Å². The molecule has 3 aliphatic rings. The Morgan fingerprint density at radius 2 is 1.88 bits per heavy atom. The van der Waals surface area contributed by atoms with Gasteiger partial charge in [0, 0.05) is 56.9 Å². The molecule has 5 rings (SSSR count). The van der Waals surface area contributed by atoms with Gasteiger partial charge in [0.2, 0.25) is 5.91 Å². The number of likely N-dealkylation sites (tertiary alicyclic amines) is 2. The molecule has 11 nitrogen and oxygen atoms in total. The maximum atomic E-state index is 12.8. The lowest BCUT2D eigenvalue weighted by Crippen LogP contribution is -2.50. The van der Waals surface area contributed by atoms with Crippen LogP contribution >= 0.6 is 11.3 Å². The molecule has 0 atom stereocenters. The molecule has 2 aromatic rings. The van der Waals surface area contributed by atoms with Crippen LogP contribution in [0.3, 0.4) is 0 Å². The summed E-state index contributed by atoms with van der Waals surface area (Å²) in [6, 6.07) is 0.539. The first-order valence-electron chi connectivity index (χ1n) is 11.4. The Morgan fingerprint density at radius 1 is 1.09 bits per heavy atom. The van der Waals surface area contributed by atoms with E-state index in [1.54, 1.807) is 17.5 Å². The van der Waals surface area contributed by atoms with Gasteiger partial charge in [-0.05, 0) is 30.9 Å². The van der Waals surface area contributed by atoms with Gasteiger partial charge in [-0.2, -0.15) is 4.80 Å². The molecule has 0 aromatic carbocycles. The zero-order chi connectivity index (χ0) is 21.8. The Labute approximate surface area is 191 Å². The minimum absolute atomic E-state index is 0.0601. The van der Waals surface area contributed by atoms with Crippen LogP contribution in [0, 0.1) is 0 Å². The van der Waals surface area contributed by atoms with E-state index in [2.05, 4.69) is 25.3 Å². The van der Waals surface area contributed by atoms with Crippen molar-refractivity contribution in [2.45, 2.75) is 44.4 Å². The van der Waals surface area contributed by atoms with E-state index in [0.29, 0.717) is 25.2 Å². The lowest BCUT2D eigenvalue weighted by atomic mass is 9.99. The molecule has 5 heterocycles. The van der Waals surface area contributed by atoms with Gasteiger partial charge >= 0.3 is 0 Å². The number of carbonyl (C=O) groups is 1. The Kier molecular flexibility index (Phi) is 6.79. The van der Waals surface area contributed by atoms with Crippen molar-refractivity contribution in [2.75, 3.05) is 57.4 Å². The smallest absolute Gasteiger partial charge is 0.273 e. The molecule has 0 unspecified atom stereocenters. The molecule has 12 heteroatoms. The second kappa shape index (κ2) is 10.1. The van der Waals surface area contributed by atoms with Gasteiger partial charge in [-0.15, -0.1) is 5.10 Å². The van der Waals surface area contributed by atoms with Gasteiger partial charge in [0.25, 0.3) is 11.1 Å². The maximum Gasteiger partial charge on any atom is 0.273 e. The molecule has 0 N–H and O–H groups in total. The van der Waals surface area contributed by atoms with Gasteiger partial charge in [0.05, 0.1) is 13.2 Å². The highest BCUT2D eigenvalue weighted by atomic mass is 32.1. The van der Waals surface area contributed by atoms with E-state index in [1.807, 2.05) is 15.2 Å². The fourth-order valence-corrected chi connectivity index (χ4v) is 5.21. The van der Waals surface area contributed by atoms with Crippen molar-refractivity contribution >= 4 is 23.2 Å². The van der Waals surface area contributed by atoms with Gasteiger partial charge in [0.15, 0.2) is 0 Å². The first-order valence-corrected chi connectivity index (χ1v) is 12.3. The zero-order valence-corrected chi connectivity index (χ0v) is 19.0. The van der Waals surface area contributed by atoms with Crippen LogP contribution in [0.15, 0.2) is 11.6 Å². The fraction of sp³-hybridized carbons (Fsp3) is 0.750. The topological polar surface area (TPSA) is 102 Å². The minimum Gasteiger partial charge on any atom is -0.467 e. The van der Waals surface area contributed by atoms with Gasteiger partial charge in [-0.3, -0.25) is 9.69 Å². The van der Waals surface area contributed by atoms with Crippen molar-refractivity contribution < 1.29 is 14.3 Å². The molecular formula is C20H30N8O3S. The summed E-state index contributed by atoms with van der Waals surface area (Å²) in [7, 11) is 0. The van der Waals surface area contributed by atoms with E-state index in [4.69, 9.17) is 9.47 Å². The normalized spacial score (nSPS) is 21.8. The van der Waals surface area contributed by atoms with E-state index in [9.17, 15) is 4.79 Å². The van der Waals surface area contributed by atoms with Gasteiger partial charge < -0.3 is 19.3 Å². The van der Waals surface area contributed by atoms with Crippen molar-refractivity contribution in [2.24, 2.45) is 0 Å². The molecule has 0 bridgehead atoms. The van der Waals surface area contributed by atoms with E-state index >= 15 is 0 Å². The summed E-state index contributed by atoms with van der Waals surface area (Å²) in [4.78, 5) is 24.9. The molecule has 3 saturated heterocycles. The van der Waals surface area contributed by atoms with Gasteiger partial charge in [-0.25, -0.2) is 4.98 Å². The number of amides is 1. The predicted octanol–water partition coefficient (Wildman–Crippen LogP) is 0.501. The van der Waals surface area contributed by atoms with Crippen LogP contribution in [-0.2, 0) is 16.1 Å². The van der Waals surface area contributed by atoms with Crippen LogP contribution in [0.25, 0.3) is 0 Å². The Bertz CT molecular complexity index is 856. The number of thiazole rings is 1. The molecule has 3 aliphatic heterocycles. The van der Waals surface area contributed by atoms with E-state index in [-0.39, 0.29) is 18.6 Å². The number of nitrogens with zero attached hydrogens (tertiary/aromatic N) is 8. The number of morpholine rings is 1. The van der Waals surface area contributed by atoms with Crippen molar-refractivity contribution in [3.63, 3.8) is 0 Å². The van der Waals surface area contributed by atoms with Crippen LogP contribution in [0.5, 0.6) is 5.19 Å². The maximum absolute atomic E-state index is 12.8. The van der Waals surface area contributed by atoms with Crippen LogP contribution in [0.2, 0.25) is 0 Å². The number of rotatable bonds is 6. The molecular weight excluding hydrogens is 432 g/mol. The molecule has 0 radical (unpaired) electrons. The second-order valence-electron chi connectivity index (χ2n) is 8.48. The summed E-state index contributed by atoms with van der Waals surface area (Å²) in [6.45, 7) is 6.63. The SMILES string of the molecule is O=C(Cn1nnc(N2CCOCC2)n1)N1CCC(N2CCC(Oc3nccs3)CC2)CC1. The Hall–Kier alpha value is -2.31. The van der Waals surface area contributed by atoms with Crippen LogP contribution in [-0.4, -0.2) is 106 Å². The molecule has 2 aromatic heterocycles. The molecule has 174 valence electrons. The summed E-state index contributed by atoms with van der Waals surface area (Å²) in [5, 5.41) is 15.3. The molecule has 3 fully saturated rings. The average molecular weight is 463 g/mol. The number of ether oxygens (including phenoxy) is 2. The molecule has 32 heavy (non-hydrogen) atoms. The number of anilines is 1. The van der Waals surface area contributed by atoms with Crippen molar-refractivity contribution in [3.8, 4) is 5.19 Å². The summed E-state index contributed by atoms with van der Waals surface area (Å²) in [6.07, 6.45) is 6.12. The highest BCUT2D eigenvalue weighted by Crippen LogP contribution is 2.25. The standard InChI is InChI=1S/C20H30N8O3S/c29-18(15-28-23-19(22-24-28)27-10-12-30-13-11-27)26-6-1-16(2-7-26)25-8-3-17(4-9-25)31-20-21-5-14-32-20/h5,14,16-17H,1-4,6-13,15H2. The lowest BCUT2D eigenvalue weighted by molar-refractivity contribution is -0.134. The number of tetrazole rings is 1. The fourth-order valence-electron chi connectivity index (χ4n) is 4.66. The third-order valence-corrected chi connectivity index (χ3v) is 7.16. The highest BCUT2D eigenvalue weighted by molar-refractivity contribution is 7.11. The lowest BCUT2D eigenvalue weighted by Gasteiger charge is -2.41. The van der Waals surface area contributed by atoms with Crippen LogP contribution in [0.4, 0.5) is 5.95 Å². The van der Waals surface area contributed by atoms with Crippen LogP contribution < -0.4 is 9.64 Å². The Balaban J connectivity index is 1.04. The molecule has 0 saturated carbocycles. The summed E-state index contributed by atoms with van der Waals surface area (Å²) in [5.41, 5.74) is 0. The summed E-state index contributed by atoms with van der Waals surface area (Å²) >= 11 is 1.55. The number of aromatic nitrogens is 5. The zero-order valence-electron chi connectivity index (χ0n) is 18.2. The van der Waals surface area contributed by atoms with Gasteiger partial charge in [-0.1, -0.05) is 16.4 Å². The number of hydrogen-bond donors (Lipinski definition) is 0. The van der Waals surface area contributed by atoms with E-state index in [0.717, 1.165) is 70.1 Å². The summed E-state index contributed by atoms with van der Waals surface area (Å²) in [5.74, 6) is 0.631. The van der Waals surface area contributed by atoms with E-state index in [1.165, 1.54) is 4.80 Å². The third-order valence-electron chi connectivity index (χ3n) is 6.50. The number of hydrogen-bond acceptors (Lipinski definition) is 10. The Morgan fingerprint density at radius 3 is 2.59 bits per heavy atom. The number of carbonyl (C=O) groups excluding carboxylic acids is 1. The summed E-state index contributed by atoms with van der Waals surface area (Å²) < 4.78 is 11.3. The first-order chi connectivity index (χ1) is 15.7. The molecule has 0 spiro atoms. The predicted molar refractivity (Wildman–Crippen MR) is 118 cm³/mol. The third kappa shape index (κ3) is 5.18.